The van der Waals surface area contributed by atoms with E-state index in [1.807, 2.05) is 6.92 Å². The van der Waals surface area contributed by atoms with Gasteiger partial charge in [-0.25, -0.2) is 9.98 Å². The van der Waals surface area contributed by atoms with Gasteiger partial charge in [0.05, 0.1) is 12.2 Å². The van der Waals surface area contributed by atoms with Crippen molar-refractivity contribution < 1.29 is 0 Å². The molecule has 0 radical (unpaired) electrons. The Hall–Kier alpha value is -0.370. The maximum Gasteiger partial charge on any atom is 0.192 e. The van der Waals surface area contributed by atoms with Crippen molar-refractivity contribution in [2.45, 2.75) is 53.6 Å². The zero-order valence-electron chi connectivity index (χ0n) is 12.6. The summed E-state index contributed by atoms with van der Waals surface area (Å²) in [6.07, 6.45) is 0. The predicted octanol–water partition coefficient (Wildman–Crippen LogP) is 3.23. The summed E-state index contributed by atoms with van der Waals surface area (Å²) >= 11 is 1.72. The van der Waals surface area contributed by atoms with Crippen LogP contribution in [0, 0.1) is 13.8 Å². The van der Waals surface area contributed by atoms with Gasteiger partial charge in [-0.3, -0.25) is 0 Å². The van der Waals surface area contributed by atoms with Gasteiger partial charge in [0, 0.05) is 17.0 Å². The van der Waals surface area contributed by atoms with Crippen LogP contribution in [0.15, 0.2) is 4.99 Å². The van der Waals surface area contributed by atoms with Crippen LogP contribution in [0.1, 0.15) is 43.3 Å². The summed E-state index contributed by atoms with van der Waals surface area (Å²) in [6, 6.07) is 0. The highest BCUT2D eigenvalue weighted by Crippen LogP contribution is 2.16. The number of guanidine groups is 1. The third kappa shape index (κ3) is 7.10. The molecule has 0 aliphatic heterocycles. The molecule has 1 aromatic heterocycles. The van der Waals surface area contributed by atoms with Gasteiger partial charge in [-0.2, -0.15) is 0 Å². The molecule has 0 atom stereocenters. The van der Waals surface area contributed by atoms with Crippen molar-refractivity contribution in [1.82, 2.24) is 15.6 Å². The molecular formula is C13H25IN4S. The highest BCUT2D eigenvalue weighted by Gasteiger charge is 2.11. The molecule has 0 spiro atoms. The number of halogens is 1. The third-order valence-corrected chi connectivity index (χ3v) is 3.34. The largest absolute Gasteiger partial charge is 0.357 e. The van der Waals surface area contributed by atoms with Crippen LogP contribution >= 0.6 is 35.3 Å². The number of thiazole rings is 1. The second-order valence-corrected chi connectivity index (χ2v) is 6.61. The molecule has 1 aromatic rings. The van der Waals surface area contributed by atoms with Crippen LogP contribution in [0.5, 0.6) is 0 Å². The molecule has 6 heteroatoms. The molecule has 0 aliphatic rings. The molecule has 0 unspecified atom stereocenters. The van der Waals surface area contributed by atoms with Gasteiger partial charge in [0.2, 0.25) is 0 Å². The Balaban J connectivity index is 0.00000324. The molecule has 110 valence electrons. The second kappa shape index (κ2) is 8.04. The standard InChI is InChI=1S/C13H24N4S.HI/c1-7-14-12(17-13(4,5)6)15-8-11-16-9(2)10(3)18-11;/h7-8H2,1-6H3,(H2,14,15,17);1H. The first-order chi connectivity index (χ1) is 8.31. The van der Waals surface area contributed by atoms with E-state index in [4.69, 9.17) is 0 Å². The number of aryl methyl sites for hydroxylation is 2. The molecule has 0 bridgehead atoms. The lowest BCUT2D eigenvalue weighted by Gasteiger charge is -2.23. The van der Waals surface area contributed by atoms with E-state index in [0.717, 1.165) is 23.2 Å². The summed E-state index contributed by atoms with van der Waals surface area (Å²) in [5, 5.41) is 7.68. The number of hydrogen-bond acceptors (Lipinski definition) is 3. The molecule has 4 nitrogen and oxygen atoms in total. The first kappa shape index (κ1) is 18.6. The second-order valence-electron chi connectivity index (χ2n) is 5.32. The zero-order chi connectivity index (χ0) is 13.8. The Morgan fingerprint density at radius 3 is 2.37 bits per heavy atom. The molecule has 0 saturated heterocycles. The lowest BCUT2D eigenvalue weighted by Crippen LogP contribution is -2.47. The van der Waals surface area contributed by atoms with Crippen molar-refractivity contribution in [3.63, 3.8) is 0 Å². The minimum absolute atomic E-state index is 0. The Labute approximate surface area is 137 Å². The van der Waals surface area contributed by atoms with Gasteiger partial charge in [-0.1, -0.05) is 0 Å². The van der Waals surface area contributed by atoms with E-state index < -0.39 is 0 Å². The Morgan fingerprint density at radius 2 is 1.95 bits per heavy atom. The fourth-order valence-corrected chi connectivity index (χ4v) is 2.27. The van der Waals surface area contributed by atoms with Crippen molar-refractivity contribution in [3.05, 3.63) is 15.6 Å². The minimum atomic E-state index is 0. The van der Waals surface area contributed by atoms with Crippen LogP contribution in [-0.4, -0.2) is 23.0 Å². The first-order valence-corrected chi connectivity index (χ1v) is 7.13. The Bertz CT molecular complexity index is 401. The van der Waals surface area contributed by atoms with Crippen LogP contribution in [-0.2, 0) is 6.54 Å². The van der Waals surface area contributed by atoms with E-state index >= 15 is 0 Å². The number of nitrogens with zero attached hydrogens (tertiary/aromatic N) is 2. The fraction of sp³-hybridized carbons (Fsp3) is 0.692. The van der Waals surface area contributed by atoms with Gasteiger partial charge in [0.1, 0.15) is 5.01 Å². The lowest BCUT2D eigenvalue weighted by molar-refractivity contribution is 0.501. The average Bonchev–Trinajstić information content (AvgIpc) is 2.53. The van der Waals surface area contributed by atoms with Gasteiger partial charge >= 0.3 is 0 Å². The number of aliphatic imine (C=N–C) groups is 1. The van der Waals surface area contributed by atoms with E-state index in [1.165, 1.54) is 4.88 Å². The van der Waals surface area contributed by atoms with Gasteiger partial charge in [-0.05, 0) is 41.5 Å². The summed E-state index contributed by atoms with van der Waals surface area (Å²) < 4.78 is 0. The van der Waals surface area contributed by atoms with Crippen LogP contribution in [0.4, 0.5) is 0 Å². The van der Waals surface area contributed by atoms with Crippen molar-refractivity contribution in [2.24, 2.45) is 4.99 Å². The molecule has 0 fully saturated rings. The van der Waals surface area contributed by atoms with E-state index in [0.29, 0.717) is 6.54 Å². The van der Waals surface area contributed by atoms with E-state index in [1.54, 1.807) is 11.3 Å². The number of hydrogen-bond donors (Lipinski definition) is 2. The monoisotopic (exact) mass is 396 g/mol. The maximum atomic E-state index is 4.57. The highest BCUT2D eigenvalue weighted by atomic mass is 127. The molecule has 2 N–H and O–H groups in total. The fourth-order valence-electron chi connectivity index (χ4n) is 1.42. The van der Waals surface area contributed by atoms with Crippen LogP contribution in [0.2, 0.25) is 0 Å². The Morgan fingerprint density at radius 1 is 1.32 bits per heavy atom. The number of rotatable bonds is 3. The summed E-state index contributed by atoms with van der Waals surface area (Å²) in [6.45, 7) is 14.1. The predicted molar refractivity (Wildman–Crippen MR) is 94.7 cm³/mol. The summed E-state index contributed by atoms with van der Waals surface area (Å²) in [5.74, 6) is 0.843. The minimum Gasteiger partial charge on any atom is -0.357 e. The molecule has 0 aliphatic carbocycles. The maximum absolute atomic E-state index is 4.57. The number of nitrogens with one attached hydrogen (secondary N) is 2. The molecule has 0 amide bonds. The smallest absolute Gasteiger partial charge is 0.192 e. The van der Waals surface area contributed by atoms with Crippen LogP contribution < -0.4 is 10.6 Å². The van der Waals surface area contributed by atoms with Crippen LogP contribution in [0.25, 0.3) is 0 Å². The summed E-state index contributed by atoms with van der Waals surface area (Å²) in [4.78, 5) is 10.3. The van der Waals surface area contributed by atoms with Crippen molar-refractivity contribution in [1.29, 1.82) is 0 Å². The third-order valence-electron chi connectivity index (χ3n) is 2.28. The van der Waals surface area contributed by atoms with Gasteiger partial charge < -0.3 is 10.6 Å². The summed E-state index contributed by atoms with van der Waals surface area (Å²) in [5.41, 5.74) is 1.12. The molecule has 0 saturated carbocycles. The van der Waals surface area contributed by atoms with Crippen molar-refractivity contribution in [2.75, 3.05) is 6.54 Å². The molecule has 1 heterocycles. The van der Waals surface area contributed by atoms with E-state index in [-0.39, 0.29) is 29.5 Å². The quantitative estimate of drug-likeness (QED) is 0.469. The molecule has 1 rings (SSSR count). The lowest BCUT2D eigenvalue weighted by atomic mass is 10.1. The van der Waals surface area contributed by atoms with Gasteiger partial charge in [0.25, 0.3) is 0 Å². The zero-order valence-corrected chi connectivity index (χ0v) is 15.8. The van der Waals surface area contributed by atoms with Crippen molar-refractivity contribution >= 4 is 41.3 Å². The van der Waals surface area contributed by atoms with E-state index in [9.17, 15) is 0 Å². The first-order valence-electron chi connectivity index (χ1n) is 6.31. The SMILES string of the molecule is CCNC(=NCc1nc(C)c(C)s1)NC(C)(C)C.I. The Kier molecular flexibility index (Phi) is 7.88. The molecule has 0 aromatic carbocycles. The average molecular weight is 396 g/mol. The van der Waals surface area contributed by atoms with Crippen LogP contribution in [0.3, 0.4) is 0 Å². The van der Waals surface area contributed by atoms with Gasteiger partial charge in [-0.15, -0.1) is 35.3 Å². The van der Waals surface area contributed by atoms with Crippen molar-refractivity contribution in [3.8, 4) is 0 Å². The summed E-state index contributed by atoms with van der Waals surface area (Å²) in [7, 11) is 0. The van der Waals surface area contributed by atoms with Gasteiger partial charge in [0.15, 0.2) is 5.96 Å². The molecule has 19 heavy (non-hydrogen) atoms. The molecular weight excluding hydrogens is 371 g/mol. The number of aromatic nitrogens is 1. The highest BCUT2D eigenvalue weighted by molar-refractivity contribution is 14.0. The van der Waals surface area contributed by atoms with E-state index in [2.05, 4.69) is 55.2 Å². The normalized spacial score (nSPS) is 12.0. The topological polar surface area (TPSA) is 49.3 Å².